The van der Waals surface area contributed by atoms with E-state index in [0.29, 0.717) is 23.4 Å². The summed E-state index contributed by atoms with van der Waals surface area (Å²) in [5.41, 5.74) is 0. The van der Waals surface area contributed by atoms with Gasteiger partial charge in [-0.15, -0.1) is 0 Å². The Bertz CT molecular complexity index is 222. The van der Waals surface area contributed by atoms with Crippen LogP contribution in [0.2, 0.25) is 18.1 Å². The van der Waals surface area contributed by atoms with E-state index in [0.717, 1.165) is 12.8 Å². The zero-order chi connectivity index (χ0) is 10.6. The molecule has 1 heterocycles. The highest BCUT2D eigenvalue weighted by Gasteiger charge is 2.50. The van der Waals surface area contributed by atoms with Gasteiger partial charge in [0, 0.05) is 12.8 Å². The summed E-state index contributed by atoms with van der Waals surface area (Å²) in [7, 11) is -1.53. The van der Waals surface area contributed by atoms with Gasteiger partial charge >= 0.3 is 0 Å². The van der Waals surface area contributed by atoms with Crippen molar-refractivity contribution in [2.24, 2.45) is 0 Å². The van der Waals surface area contributed by atoms with Crippen LogP contribution >= 0.6 is 0 Å². The number of hydrogen-bond acceptors (Lipinski definition) is 2. The Kier molecular flexibility index (Phi) is 2.33. The summed E-state index contributed by atoms with van der Waals surface area (Å²) in [6.45, 7) is 11.6. The van der Waals surface area contributed by atoms with E-state index in [9.17, 15) is 0 Å². The molecule has 0 amide bonds. The van der Waals surface area contributed by atoms with Gasteiger partial charge in [-0.1, -0.05) is 20.8 Å². The number of epoxide rings is 1. The Labute approximate surface area is 88.1 Å². The first-order valence-electron chi connectivity index (χ1n) is 5.63. The van der Waals surface area contributed by atoms with Crippen LogP contribution in [0.25, 0.3) is 0 Å². The van der Waals surface area contributed by atoms with Crippen molar-refractivity contribution in [3.05, 3.63) is 0 Å². The zero-order valence-corrected chi connectivity index (χ0v) is 11.0. The molecular weight excluding hydrogens is 192 g/mol. The van der Waals surface area contributed by atoms with Crippen molar-refractivity contribution in [1.82, 2.24) is 0 Å². The van der Waals surface area contributed by atoms with Crippen molar-refractivity contribution in [2.45, 2.75) is 70.1 Å². The van der Waals surface area contributed by atoms with Crippen LogP contribution in [0.1, 0.15) is 33.6 Å². The third-order valence-corrected chi connectivity index (χ3v) is 8.48. The van der Waals surface area contributed by atoms with Crippen LogP contribution in [-0.4, -0.2) is 26.6 Å². The molecule has 2 unspecified atom stereocenters. The molecule has 0 aromatic heterocycles. The summed E-state index contributed by atoms with van der Waals surface area (Å²) in [6, 6.07) is 0. The second-order valence-corrected chi connectivity index (χ2v) is 10.9. The predicted octanol–water partition coefficient (Wildman–Crippen LogP) is 2.94. The summed E-state index contributed by atoms with van der Waals surface area (Å²) in [5, 5.41) is 0.334. The van der Waals surface area contributed by atoms with Crippen LogP contribution in [0, 0.1) is 0 Å². The van der Waals surface area contributed by atoms with E-state index in [1.165, 1.54) is 0 Å². The maximum absolute atomic E-state index is 6.32. The molecule has 14 heavy (non-hydrogen) atoms. The van der Waals surface area contributed by atoms with Gasteiger partial charge in [-0.25, -0.2) is 0 Å². The van der Waals surface area contributed by atoms with E-state index < -0.39 is 8.32 Å². The fourth-order valence-electron chi connectivity index (χ4n) is 1.90. The van der Waals surface area contributed by atoms with Crippen LogP contribution in [0.15, 0.2) is 0 Å². The molecule has 1 aliphatic carbocycles. The quantitative estimate of drug-likeness (QED) is 0.521. The van der Waals surface area contributed by atoms with Gasteiger partial charge in [0.25, 0.3) is 0 Å². The third-order valence-electron chi connectivity index (χ3n) is 3.95. The van der Waals surface area contributed by atoms with E-state index >= 15 is 0 Å². The molecule has 82 valence electrons. The monoisotopic (exact) mass is 214 g/mol. The summed E-state index contributed by atoms with van der Waals surface area (Å²) in [6.07, 6.45) is 3.85. The first-order valence-corrected chi connectivity index (χ1v) is 8.54. The van der Waals surface area contributed by atoms with Crippen molar-refractivity contribution in [3.63, 3.8) is 0 Å². The smallest absolute Gasteiger partial charge is 0.192 e. The fraction of sp³-hybridized carbons (Fsp3) is 1.00. The lowest BCUT2D eigenvalue weighted by Crippen LogP contribution is -2.43. The first kappa shape index (κ1) is 10.6. The minimum atomic E-state index is -1.53. The molecule has 2 fully saturated rings. The second kappa shape index (κ2) is 3.06. The van der Waals surface area contributed by atoms with Crippen molar-refractivity contribution in [2.75, 3.05) is 0 Å². The average molecular weight is 214 g/mol. The SMILES string of the molecule is CC(C)(C)[Si](C)(C)OC1CC2OC2C1. The minimum absolute atomic E-state index is 0.334. The molecule has 2 nitrogen and oxygen atoms in total. The van der Waals surface area contributed by atoms with E-state index in [1.807, 2.05) is 0 Å². The molecule has 2 rings (SSSR count). The largest absolute Gasteiger partial charge is 0.414 e. The molecule has 0 bridgehead atoms. The lowest BCUT2D eigenvalue weighted by Gasteiger charge is -2.38. The second-order valence-electron chi connectivity index (χ2n) is 6.18. The molecule has 2 aliphatic rings. The van der Waals surface area contributed by atoms with Crippen LogP contribution in [0.4, 0.5) is 0 Å². The van der Waals surface area contributed by atoms with Crippen molar-refractivity contribution >= 4 is 8.32 Å². The number of rotatable bonds is 2. The summed E-state index contributed by atoms with van der Waals surface area (Å²) in [4.78, 5) is 0. The van der Waals surface area contributed by atoms with E-state index in [-0.39, 0.29) is 0 Å². The molecule has 1 aliphatic heterocycles. The van der Waals surface area contributed by atoms with Crippen molar-refractivity contribution < 1.29 is 9.16 Å². The Morgan fingerprint density at radius 2 is 1.64 bits per heavy atom. The lowest BCUT2D eigenvalue weighted by molar-refractivity contribution is 0.136. The standard InChI is InChI=1S/C11H22O2Si/c1-11(2,3)14(4,5)13-8-6-9-10(7-8)12-9/h8-10H,6-7H2,1-5H3. The predicted molar refractivity (Wildman–Crippen MR) is 60.0 cm³/mol. The molecule has 1 saturated carbocycles. The molecule has 0 aromatic rings. The lowest BCUT2D eigenvalue weighted by atomic mass is 10.2. The van der Waals surface area contributed by atoms with Crippen LogP contribution in [-0.2, 0) is 9.16 Å². The maximum atomic E-state index is 6.32. The molecule has 3 heteroatoms. The van der Waals surface area contributed by atoms with Crippen molar-refractivity contribution in [3.8, 4) is 0 Å². The van der Waals surface area contributed by atoms with E-state index in [4.69, 9.17) is 9.16 Å². The number of hydrogen-bond donors (Lipinski definition) is 0. The average Bonchev–Trinajstić information content (AvgIpc) is 2.56. The molecule has 2 atom stereocenters. The van der Waals surface area contributed by atoms with Gasteiger partial charge in [0.1, 0.15) is 0 Å². The van der Waals surface area contributed by atoms with Gasteiger partial charge in [-0.2, -0.15) is 0 Å². The van der Waals surface area contributed by atoms with Crippen LogP contribution in [0.5, 0.6) is 0 Å². The third kappa shape index (κ3) is 1.90. The minimum Gasteiger partial charge on any atom is -0.414 e. The first-order chi connectivity index (χ1) is 6.29. The van der Waals surface area contributed by atoms with Crippen molar-refractivity contribution in [1.29, 1.82) is 0 Å². The Hall–Kier alpha value is 0.137. The molecule has 0 spiro atoms. The molecule has 0 radical (unpaired) electrons. The van der Waals surface area contributed by atoms with Crippen LogP contribution < -0.4 is 0 Å². The molecular formula is C11H22O2Si. The molecule has 0 aromatic carbocycles. The Balaban J connectivity index is 1.90. The van der Waals surface area contributed by atoms with Gasteiger partial charge in [-0.05, 0) is 18.1 Å². The van der Waals surface area contributed by atoms with Gasteiger partial charge in [0.05, 0.1) is 18.3 Å². The molecule has 1 saturated heterocycles. The topological polar surface area (TPSA) is 21.8 Å². The van der Waals surface area contributed by atoms with E-state index in [1.54, 1.807) is 0 Å². The Morgan fingerprint density at radius 3 is 2.07 bits per heavy atom. The highest BCUT2D eigenvalue weighted by Crippen LogP contribution is 2.44. The maximum Gasteiger partial charge on any atom is 0.192 e. The van der Waals surface area contributed by atoms with Gasteiger partial charge in [-0.3, -0.25) is 0 Å². The normalized spacial score (nSPS) is 37.1. The molecule has 0 N–H and O–H groups in total. The summed E-state index contributed by atoms with van der Waals surface area (Å²) in [5.74, 6) is 0. The van der Waals surface area contributed by atoms with Gasteiger partial charge in [0.2, 0.25) is 0 Å². The number of fused-ring (bicyclic) bond motifs is 1. The highest BCUT2D eigenvalue weighted by molar-refractivity contribution is 6.74. The van der Waals surface area contributed by atoms with Gasteiger partial charge in [0.15, 0.2) is 8.32 Å². The van der Waals surface area contributed by atoms with Crippen LogP contribution in [0.3, 0.4) is 0 Å². The zero-order valence-electron chi connectivity index (χ0n) is 9.96. The Morgan fingerprint density at radius 1 is 1.14 bits per heavy atom. The van der Waals surface area contributed by atoms with E-state index in [2.05, 4.69) is 33.9 Å². The number of ether oxygens (including phenoxy) is 1. The summed E-state index contributed by atoms with van der Waals surface area (Å²) < 4.78 is 11.7. The fourth-order valence-corrected chi connectivity index (χ4v) is 3.28. The summed E-state index contributed by atoms with van der Waals surface area (Å²) >= 11 is 0. The van der Waals surface area contributed by atoms with Gasteiger partial charge < -0.3 is 9.16 Å². The highest BCUT2D eigenvalue weighted by atomic mass is 28.4.